The van der Waals surface area contributed by atoms with E-state index in [1.54, 1.807) is 25.2 Å². The van der Waals surface area contributed by atoms with Gasteiger partial charge < -0.3 is 9.47 Å². The molecule has 8 heteroatoms. The van der Waals surface area contributed by atoms with Gasteiger partial charge in [-0.3, -0.25) is 15.0 Å². The highest BCUT2D eigenvalue weighted by Gasteiger charge is 2.25. The number of para-hydroxylation sites is 1. The van der Waals surface area contributed by atoms with Crippen molar-refractivity contribution in [2.75, 3.05) is 32.3 Å². The first-order valence-electron chi connectivity index (χ1n) is 6.07. The number of amidine groups is 1. The van der Waals surface area contributed by atoms with Crippen LogP contribution in [-0.2, 0) is 4.79 Å². The van der Waals surface area contributed by atoms with Crippen molar-refractivity contribution in [3.05, 3.63) is 18.2 Å². The van der Waals surface area contributed by atoms with Crippen molar-refractivity contribution in [3.63, 3.8) is 0 Å². The molecule has 1 saturated heterocycles. The van der Waals surface area contributed by atoms with Crippen molar-refractivity contribution < 1.29 is 19.1 Å². The number of ether oxygens (including phenoxy) is 2. The lowest BCUT2D eigenvalue weighted by Crippen LogP contribution is -2.25. The van der Waals surface area contributed by atoms with Gasteiger partial charge in [0.05, 0.1) is 20.0 Å². The van der Waals surface area contributed by atoms with Crippen LogP contribution in [0.5, 0.6) is 11.5 Å². The van der Waals surface area contributed by atoms with Gasteiger partial charge in [0.15, 0.2) is 5.17 Å². The molecule has 1 aromatic carbocycles. The van der Waals surface area contributed by atoms with Gasteiger partial charge in [0, 0.05) is 7.05 Å². The first kappa shape index (κ1) is 15.2. The average molecular weight is 309 g/mol. The minimum Gasteiger partial charge on any atom is -0.494 e. The number of urea groups is 1. The predicted octanol–water partition coefficient (Wildman–Crippen LogP) is 1.80. The Morgan fingerprint density at radius 3 is 2.43 bits per heavy atom. The SMILES string of the molecule is COc1cccc(OC)c1NC(=O)N=C1SCC(=O)N1C. The van der Waals surface area contributed by atoms with E-state index >= 15 is 0 Å². The summed E-state index contributed by atoms with van der Waals surface area (Å²) in [4.78, 5) is 28.6. The van der Waals surface area contributed by atoms with Gasteiger partial charge in [-0.15, -0.1) is 0 Å². The summed E-state index contributed by atoms with van der Waals surface area (Å²) in [5.74, 6) is 1.14. The first-order valence-corrected chi connectivity index (χ1v) is 7.05. The molecule has 0 atom stereocenters. The van der Waals surface area contributed by atoms with E-state index in [0.29, 0.717) is 28.1 Å². The second-order valence-corrected chi connectivity index (χ2v) is 5.05. The number of anilines is 1. The van der Waals surface area contributed by atoms with Crippen LogP contribution in [0.2, 0.25) is 0 Å². The van der Waals surface area contributed by atoms with E-state index in [1.165, 1.54) is 30.9 Å². The molecule has 0 aromatic heterocycles. The summed E-state index contributed by atoms with van der Waals surface area (Å²) in [6.07, 6.45) is 0. The van der Waals surface area contributed by atoms with Crippen LogP contribution in [0.3, 0.4) is 0 Å². The molecule has 1 aliphatic rings. The quantitative estimate of drug-likeness (QED) is 0.921. The fraction of sp³-hybridized carbons (Fsp3) is 0.308. The third-order valence-corrected chi connectivity index (χ3v) is 3.86. The standard InChI is InChI=1S/C13H15N3O4S/c1-16-10(17)7-21-13(16)15-12(18)14-11-8(19-2)5-4-6-9(11)20-3/h4-6H,7H2,1-3H3,(H,14,18). The Labute approximate surface area is 126 Å². The zero-order chi connectivity index (χ0) is 15.4. The van der Waals surface area contributed by atoms with E-state index in [0.717, 1.165) is 0 Å². The molecule has 7 nitrogen and oxygen atoms in total. The maximum atomic E-state index is 12.0. The van der Waals surface area contributed by atoms with Gasteiger partial charge in [-0.25, -0.2) is 4.79 Å². The van der Waals surface area contributed by atoms with Crippen LogP contribution in [-0.4, -0.2) is 49.0 Å². The average Bonchev–Trinajstić information content (AvgIpc) is 2.79. The molecule has 0 radical (unpaired) electrons. The molecular weight excluding hydrogens is 294 g/mol. The van der Waals surface area contributed by atoms with Gasteiger partial charge in [-0.05, 0) is 12.1 Å². The van der Waals surface area contributed by atoms with E-state index in [9.17, 15) is 9.59 Å². The third kappa shape index (κ3) is 3.27. The summed E-state index contributed by atoms with van der Waals surface area (Å²) in [6.45, 7) is 0. The normalized spacial score (nSPS) is 16.2. The molecule has 1 fully saturated rings. The second kappa shape index (κ2) is 6.49. The summed E-state index contributed by atoms with van der Waals surface area (Å²) >= 11 is 1.22. The molecule has 1 heterocycles. The van der Waals surface area contributed by atoms with Gasteiger partial charge in [-0.1, -0.05) is 17.8 Å². The molecule has 0 saturated carbocycles. The van der Waals surface area contributed by atoms with Crippen molar-refractivity contribution in [3.8, 4) is 11.5 Å². The van der Waals surface area contributed by atoms with Crippen molar-refractivity contribution in [2.45, 2.75) is 0 Å². The molecule has 112 valence electrons. The largest absolute Gasteiger partial charge is 0.494 e. The number of nitrogens with one attached hydrogen (secondary N) is 1. The number of rotatable bonds is 3. The lowest BCUT2D eigenvalue weighted by Gasteiger charge is -2.13. The summed E-state index contributed by atoms with van der Waals surface area (Å²) in [6, 6.07) is 4.55. The Balaban J connectivity index is 2.20. The van der Waals surface area contributed by atoms with E-state index < -0.39 is 6.03 Å². The van der Waals surface area contributed by atoms with Crippen molar-refractivity contribution in [1.29, 1.82) is 0 Å². The van der Waals surface area contributed by atoms with Gasteiger partial charge >= 0.3 is 6.03 Å². The fourth-order valence-electron chi connectivity index (χ4n) is 1.73. The molecule has 1 aromatic rings. The fourth-order valence-corrected chi connectivity index (χ4v) is 2.62. The number of amides is 3. The van der Waals surface area contributed by atoms with Gasteiger partial charge in [0.25, 0.3) is 0 Å². The van der Waals surface area contributed by atoms with Crippen LogP contribution in [0.1, 0.15) is 0 Å². The number of carbonyl (C=O) groups is 2. The molecule has 3 amide bonds. The molecule has 1 aliphatic heterocycles. The smallest absolute Gasteiger partial charge is 0.348 e. The summed E-state index contributed by atoms with van der Waals surface area (Å²) < 4.78 is 10.4. The number of hydrogen-bond donors (Lipinski definition) is 1. The molecule has 0 bridgehead atoms. The number of carbonyl (C=O) groups excluding carboxylic acids is 2. The van der Waals surface area contributed by atoms with Crippen molar-refractivity contribution >= 4 is 34.6 Å². The second-order valence-electron chi connectivity index (χ2n) is 4.10. The molecule has 1 N–H and O–H groups in total. The van der Waals surface area contributed by atoms with Crippen molar-refractivity contribution in [1.82, 2.24) is 4.90 Å². The first-order chi connectivity index (χ1) is 10.1. The Bertz CT molecular complexity index is 581. The summed E-state index contributed by atoms with van der Waals surface area (Å²) in [5, 5.41) is 2.98. The maximum absolute atomic E-state index is 12.0. The van der Waals surface area contributed by atoms with Gasteiger partial charge in [0.2, 0.25) is 5.91 Å². The van der Waals surface area contributed by atoms with Crippen LogP contribution in [0, 0.1) is 0 Å². The molecule has 0 spiro atoms. The van der Waals surface area contributed by atoms with Crippen LogP contribution in [0.25, 0.3) is 0 Å². The number of methoxy groups -OCH3 is 2. The zero-order valence-electron chi connectivity index (χ0n) is 11.9. The summed E-state index contributed by atoms with van der Waals surface area (Å²) in [7, 11) is 4.57. The lowest BCUT2D eigenvalue weighted by atomic mass is 10.2. The minimum atomic E-state index is -0.596. The predicted molar refractivity (Wildman–Crippen MR) is 81.2 cm³/mol. The highest BCUT2D eigenvalue weighted by Crippen LogP contribution is 2.34. The third-order valence-electron chi connectivity index (χ3n) is 2.84. The van der Waals surface area contributed by atoms with E-state index in [2.05, 4.69) is 10.3 Å². The van der Waals surface area contributed by atoms with Crippen LogP contribution in [0.4, 0.5) is 10.5 Å². The number of thioether (sulfide) groups is 1. The van der Waals surface area contributed by atoms with E-state index in [1.807, 2.05) is 0 Å². The number of hydrogen-bond acceptors (Lipinski definition) is 5. The zero-order valence-corrected chi connectivity index (χ0v) is 12.7. The highest BCUT2D eigenvalue weighted by molar-refractivity contribution is 8.15. The molecule has 2 rings (SSSR count). The molecular formula is C13H15N3O4S. The Kier molecular flexibility index (Phi) is 4.69. The van der Waals surface area contributed by atoms with E-state index in [-0.39, 0.29) is 5.91 Å². The monoisotopic (exact) mass is 309 g/mol. The highest BCUT2D eigenvalue weighted by atomic mass is 32.2. The van der Waals surface area contributed by atoms with Gasteiger partial charge in [0.1, 0.15) is 17.2 Å². The van der Waals surface area contributed by atoms with Gasteiger partial charge in [-0.2, -0.15) is 4.99 Å². The topological polar surface area (TPSA) is 80.2 Å². The maximum Gasteiger partial charge on any atom is 0.348 e. The number of benzene rings is 1. The molecule has 0 unspecified atom stereocenters. The Morgan fingerprint density at radius 1 is 1.33 bits per heavy atom. The number of nitrogens with zero attached hydrogens (tertiary/aromatic N) is 2. The van der Waals surface area contributed by atoms with Crippen LogP contribution < -0.4 is 14.8 Å². The number of aliphatic imine (C=N–C) groups is 1. The van der Waals surface area contributed by atoms with Crippen LogP contribution in [0.15, 0.2) is 23.2 Å². The van der Waals surface area contributed by atoms with E-state index in [4.69, 9.17) is 9.47 Å². The molecule has 21 heavy (non-hydrogen) atoms. The lowest BCUT2D eigenvalue weighted by molar-refractivity contribution is -0.123. The Morgan fingerprint density at radius 2 is 1.95 bits per heavy atom. The molecule has 0 aliphatic carbocycles. The summed E-state index contributed by atoms with van der Waals surface area (Å²) in [5.41, 5.74) is 0.397. The minimum absolute atomic E-state index is 0.0820. The van der Waals surface area contributed by atoms with Crippen LogP contribution >= 0.6 is 11.8 Å². The Hall–Kier alpha value is -2.22. The van der Waals surface area contributed by atoms with Crippen molar-refractivity contribution in [2.24, 2.45) is 4.99 Å².